The highest BCUT2D eigenvalue weighted by molar-refractivity contribution is 5.78. The van der Waals surface area contributed by atoms with Gasteiger partial charge in [-0.3, -0.25) is 14.6 Å². The van der Waals surface area contributed by atoms with Gasteiger partial charge in [0, 0.05) is 64.6 Å². The van der Waals surface area contributed by atoms with E-state index in [1.54, 1.807) is 12.1 Å². The predicted molar refractivity (Wildman–Crippen MR) is 120 cm³/mol. The number of nitrogens with zero attached hydrogens (tertiary/aromatic N) is 4. The molecule has 160 valence electrons. The van der Waals surface area contributed by atoms with Crippen molar-refractivity contribution in [2.45, 2.75) is 13.5 Å². The third kappa shape index (κ3) is 5.12. The van der Waals surface area contributed by atoms with Gasteiger partial charge in [-0.25, -0.2) is 0 Å². The molecule has 0 spiro atoms. The maximum atomic E-state index is 12.8. The standard InChI is InChI=1S/C24H32N4O2/c1-20-4-2-3-5-21(20)18-25-12-16-28(17-13-25)24(30)19-26-10-14-27(15-11-26)22-6-8-23(29)9-7-22/h2-9,29H,10-19H2,1H3. The molecule has 2 aliphatic heterocycles. The molecule has 0 atom stereocenters. The molecule has 30 heavy (non-hydrogen) atoms. The number of carbonyl (C=O) groups is 1. The van der Waals surface area contributed by atoms with E-state index in [9.17, 15) is 9.90 Å². The molecule has 0 unspecified atom stereocenters. The zero-order valence-electron chi connectivity index (χ0n) is 17.8. The van der Waals surface area contributed by atoms with E-state index < -0.39 is 0 Å². The summed E-state index contributed by atoms with van der Waals surface area (Å²) in [4.78, 5) is 21.8. The number of carbonyl (C=O) groups excluding carboxylic acids is 1. The minimum Gasteiger partial charge on any atom is -0.508 e. The highest BCUT2D eigenvalue weighted by Crippen LogP contribution is 2.20. The SMILES string of the molecule is Cc1ccccc1CN1CCN(C(=O)CN2CCN(c3ccc(O)cc3)CC2)CC1. The number of aromatic hydroxyl groups is 1. The first-order valence-corrected chi connectivity index (χ1v) is 10.9. The number of piperazine rings is 2. The molecule has 2 aromatic carbocycles. The van der Waals surface area contributed by atoms with Gasteiger partial charge in [0.25, 0.3) is 0 Å². The lowest BCUT2D eigenvalue weighted by molar-refractivity contribution is -0.134. The maximum absolute atomic E-state index is 12.8. The minimum atomic E-state index is 0.253. The average Bonchev–Trinajstić information content (AvgIpc) is 2.77. The van der Waals surface area contributed by atoms with Crippen molar-refractivity contribution in [1.82, 2.24) is 14.7 Å². The first-order valence-electron chi connectivity index (χ1n) is 10.9. The van der Waals surface area contributed by atoms with Gasteiger partial charge >= 0.3 is 0 Å². The largest absolute Gasteiger partial charge is 0.508 e. The molecule has 2 aliphatic rings. The lowest BCUT2D eigenvalue weighted by Crippen LogP contribution is -2.53. The number of amides is 1. The van der Waals surface area contributed by atoms with Crippen molar-refractivity contribution in [3.8, 4) is 5.75 Å². The number of aryl methyl sites for hydroxylation is 1. The summed E-state index contributed by atoms with van der Waals surface area (Å²) in [6.45, 7) is 10.7. The Bertz CT molecular complexity index is 839. The van der Waals surface area contributed by atoms with E-state index >= 15 is 0 Å². The van der Waals surface area contributed by atoms with Crippen LogP contribution in [0.25, 0.3) is 0 Å². The second kappa shape index (κ2) is 9.49. The van der Waals surface area contributed by atoms with Gasteiger partial charge in [-0.2, -0.15) is 0 Å². The van der Waals surface area contributed by atoms with Crippen molar-refractivity contribution in [1.29, 1.82) is 0 Å². The Hall–Kier alpha value is -2.57. The van der Waals surface area contributed by atoms with Crippen LogP contribution in [0.4, 0.5) is 5.69 Å². The lowest BCUT2D eigenvalue weighted by atomic mass is 10.1. The van der Waals surface area contributed by atoms with Gasteiger partial charge in [-0.1, -0.05) is 24.3 Å². The lowest BCUT2D eigenvalue weighted by Gasteiger charge is -2.38. The van der Waals surface area contributed by atoms with Gasteiger partial charge in [0.15, 0.2) is 0 Å². The summed E-state index contributed by atoms with van der Waals surface area (Å²) in [6, 6.07) is 15.9. The molecule has 0 aliphatic carbocycles. The maximum Gasteiger partial charge on any atom is 0.236 e. The van der Waals surface area contributed by atoms with Crippen LogP contribution in [0, 0.1) is 6.92 Å². The van der Waals surface area contributed by atoms with Gasteiger partial charge in [-0.15, -0.1) is 0 Å². The molecule has 2 fully saturated rings. The molecule has 1 amide bonds. The van der Waals surface area contributed by atoms with E-state index in [2.05, 4.69) is 45.9 Å². The van der Waals surface area contributed by atoms with Crippen LogP contribution in [0.2, 0.25) is 0 Å². The van der Waals surface area contributed by atoms with E-state index in [0.29, 0.717) is 12.3 Å². The number of hydrogen-bond donors (Lipinski definition) is 1. The summed E-state index contributed by atoms with van der Waals surface area (Å²) in [5.41, 5.74) is 3.84. The predicted octanol–water partition coefficient (Wildman–Crippen LogP) is 2.17. The molecular formula is C24H32N4O2. The third-order valence-electron chi connectivity index (χ3n) is 6.33. The van der Waals surface area contributed by atoms with Crippen LogP contribution in [0.5, 0.6) is 5.75 Å². The average molecular weight is 409 g/mol. The summed E-state index contributed by atoms with van der Waals surface area (Å²) >= 11 is 0. The Balaban J connectivity index is 1.20. The molecule has 0 saturated carbocycles. The zero-order chi connectivity index (χ0) is 20.9. The molecule has 0 radical (unpaired) electrons. The molecule has 6 heteroatoms. The Morgan fingerprint density at radius 3 is 2.13 bits per heavy atom. The van der Waals surface area contributed by atoms with Crippen LogP contribution in [0.15, 0.2) is 48.5 Å². The number of phenolic OH excluding ortho intramolecular Hbond substituents is 1. The third-order valence-corrected chi connectivity index (χ3v) is 6.33. The summed E-state index contributed by atoms with van der Waals surface area (Å²) < 4.78 is 0. The second-order valence-corrected chi connectivity index (χ2v) is 8.36. The van der Waals surface area contributed by atoms with Crippen LogP contribution in [-0.4, -0.2) is 84.6 Å². The van der Waals surface area contributed by atoms with Crippen LogP contribution >= 0.6 is 0 Å². The molecule has 6 nitrogen and oxygen atoms in total. The quantitative estimate of drug-likeness (QED) is 0.822. The topological polar surface area (TPSA) is 50.3 Å². The first kappa shape index (κ1) is 20.7. The van der Waals surface area contributed by atoms with E-state index in [0.717, 1.165) is 64.6 Å². The molecule has 1 N–H and O–H groups in total. The fraction of sp³-hybridized carbons (Fsp3) is 0.458. The number of rotatable bonds is 5. The van der Waals surface area contributed by atoms with Crippen molar-refractivity contribution in [2.24, 2.45) is 0 Å². The summed E-state index contributed by atoms with van der Waals surface area (Å²) in [5.74, 6) is 0.547. The zero-order valence-corrected chi connectivity index (χ0v) is 17.8. The number of anilines is 1. The van der Waals surface area contributed by atoms with E-state index in [1.807, 2.05) is 17.0 Å². The fourth-order valence-corrected chi connectivity index (χ4v) is 4.30. The van der Waals surface area contributed by atoms with E-state index in [1.165, 1.54) is 11.1 Å². The van der Waals surface area contributed by atoms with Crippen LogP contribution in [0.1, 0.15) is 11.1 Å². The van der Waals surface area contributed by atoms with Gasteiger partial charge in [0.05, 0.1) is 6.54 Å². The van der Waals surface area contributed by atoms with Gasteiger partial charge in [0.2, 0.25) is 5.91 Å². The van der Waals surface area contributed by atoms with Crippen molar-refractivity contribution in [3.63, 3.8) is 0 Å². The normalized spacial score (nSPS) is 18.6. The molecule has 0 bridgehead atoms. The van der Waals surface area contributed by atoms with Gasteiger partial charge < -0.3 is 14.9 Å². The number of hydrogen-bond acceptors (Lipinski definition) is 5. The molecular weight excluding hydrogens is 376 g/mol. The molecule has 4 rings (SSSR count). The Labute approximate surface area is 179 Å². The highest BCUT2D eigenvalue weighted by Gasteiger charge is 2.25. The van der Waals surface area contributed by atoms with E-state index in [-0.39, 0.29) is 5.91 Å². The minimum absolute atomic E-state index is 0.253. The molecule has 2 saturated heterocycles. The molecule has 2 aromatic rings. The van der Waals surface area contributed by atoms with Gasteiger partial charge in [0.1, 0.15) is 5.75 Å². The smallest absolute Gasteiger partial charge is 0.236 e. The van der Waals surface area contributed by atoms with Crippen LogP contribution < -0.4 is 4.90 Å². The summed E-state index contributed by atoms with van der Waals surface area (Å²) in [5, 5.41) is 9.45. The Kier molecular flexibility index (Phi) is 6.55. The Morgan fingerprint density at radius 1 is 0.833 bits per heavy atom. The Morgan fingerprint density at radius 2 is 1.47 bits per heavy atom. The highest BCUT2D eigenvalue weighted by atomic mass is 16.3. The summed E-state index contributed by atoms with van der Waals surface area (Å²) in [7, 11) is 0. The van der Waals surface area contributed by atoms with Crippen molar-refractivity contribution in [2.75, 3.05) is 63.8 Å². The number of phenols is 1. The molecule has 2 heterocycles. The second-order valence-electron chi connectivity index (χ2n) is 8.36. The molecule has 0 aromatic heterocycles. The first-order chi connectivity index (χ1) is 14.6. The van der Waals surface area contributed by atoms with E-state index in [4.69, 9.17) is 0 Å². The monoisotopic (exact) mass is 408 g/mol. The fourth-order valence-electron chi connectivity index (χ4n) is 4.30. The van der Waals surface area contributed by atoms with Crippen molar-refractivity contribution < 1.29 is 9.90 Å². The van der Waals surface area contributed by atoms with Crippen LogP contribution in [0.3, 0.4) is 0 Å². The van der Waals surface area contributed by atoms with Crippen molar-refractivity contribution >= 4 is 11.6 Å². The number of benzene rings is 2. The van der Waals surface area contributed by atoms with Gasteiger partial charge in [-0.05, 0) is 42.3 Å². The van der Waals surface area contributed by atoms with Crippen molar-refractivity contribution in [3.05, 3.63) is 59.7 Å². The van der Waals surface area contributed by atoms with Crippen LogP contribution in [-0.2, 0) is 11.3 Å². The summed E-state index contributed by atoms with van der Waals surface area (Å²) in [6.07, 6.45) is 0.